The van der Waals surface area contributed by atoms with E-state index in [0.29, 0.717) is 13.0 Å². The van der Waals surface area contributed by atoms with Crippen molar-refractivity contribution >= 4 is 17.9 Å². The van der Waals surface area contributed by atoms with Gasteiger partial charge in [0.05, 0.1) is 0 Å². The van der Waals surface area contributed by atoms with Crippen molar-refractivity contribution in [3.8, 4) is 0 Å². The van der Waals surface area contributed by atoms with Crippen molar-refractivity contribution in [2.24, 2.45) is 0 Å². The molecule has 0 fully saturated rings. The molecule has 0 radical (unpaired) electrons. The zero-order chi connectivity index (χ0) is 26.3. The second-order valence-corrected chi connectivity index (χ2v) is 10.6. The molecule has 1 aromatic rings. The van der Waals surface area contributed by atoms with E-state index in [1.165, 1.54) is 0 Å². The molecule has 3 amide bonds. The third kappa shape index (κ3) is 8.03. The number of ether oxygens (including phenoxy) is 1. The second-order valence-electron chi connectivity index (χ2n) is 10.6. The molecule has 7 nitrogen and oxygen atoms in total. The van der Waals surface area contributed by atoms with Gasteiger partial charge >= 0.3 is 6.09 Å². The molecule has 0 saturated carbocycles. The van der Waals surface area contributed by atoms with Gasteiger partial charge in [-0.05, 0) is 84.9 Å². The molecular weight excluding hydrogens is 430 g/mol. The highest BCUT2D eigenvalue weighted by Crippen LogP contribution is 2.35. The fraction of sp³-hybridized carbons (Fsp3) is 0.667. The van der Waals surface area contributed by atoms with Crippen molar-refractivity contribution in [2.75, 3.05) is 6.54 Å². The summed E-state index contributed by atoms with van der Waals surface area (Å²) in [6, 6.07) is 4.15. The summed E-state index contributed by atoms with van der Waals surface area (Å²) in [7, 11) is 0. The van der Waals surface area contributed by atoms with Crippen molar-refractivity contribution in [3.05, 3.63) is 34.9 Å². The van der Waals surface area contributed by atoms with E-state index in [2.05, 4.69) is 17.6 Å². The Balaban J connectivity index is 3.52. The highest BCUT2D eigenvalue weighted by molar-refractivity contribution is 5.92. The lowest BCUT2D eigenvalue weighted by atomic mass is 9.88. The van der Waals surface area contributed by atoms with Crippen LogP contribution in [0.15, 0.2) is 18.2 Å². The Kier molecular flexibility index (Phi) is 10.6. The molecule has 0 aliphatic rings. The smallest absolute Gasteiger partial charge is 0.408 e. The van der Waals surface area contributed by atoms with Crippen molar-refractivity contribution in [3.63, 3.8) is 0 Å². The summed E-state index contributed by atoms with van der Waals surface area (Å²) in [5, 5.41) is 5.69. The molecule has 0 saturated heterocycles. The van der Waals surface area contributed by atoms with Gasteiger partial charge in [0, 0.05) is 12.1 Å². The van der Waals surface area contributed by atoms with Crippen LogP contribution in [0, 0.1) is 13.8 Å². The number of nitrogens with one attached hydrogen (secondary N) is 2. The Morgan fingerprint density at radius 3 is 2.06 bits per heavy atom. The van der Waals surface area contributed by atoms with E-state index in [4.69, 9.17) is 4.74 Å². The lowest BCUT2D eigenvalue weighted by molar-refractivity contribution is -0.149. The number of nitrogens with zero attached hydrogens (tertiary/aromatic N) is 1. The first kappa shape index (κ1) is 29.5. The molecular formula is C27H45N3O4. The van der Waals surface area contributed by atoms with E-state index in [1.54, 1.807) is 32.6 Å². The predicted molar refractivity (Wildman–Crippen MR) is 137 cm³/mol. The monoisotopic (exact) mass is 475 g/mol. The molecule has 2 atom stereocenters. The molecule has 2 N–H and O–H groups in total. The minimum absolute atomic E-state index is 0.217. The molecule has 1 rings (SSSR count). The molecule has 7 heteroatoms. The van der Waals surface area contributed by atoms with Crippen LogP contribution >= 0.6 is 0 Å². The predicted octanol–water partition coefficient (Wildman–Crippen LogP) is 5.19. The van der Waals surface area contributed by atoms with Gasteiger partial charge in [-0.25, -0.2) is 4.79 Å². The van der Waals surface area contributed by atoms with Crippen LogP contribution in [0.3, 0.4) is 0 Å². The van der Waals surface area contributed by atoms with Crippen LogP contribution in [0.25, 0.3) is 0 Å². The quantitative estimate of drug-likeness (QED) is 0.456. The summed E-state index contributed by atoms with van der Waals surface area (Å²) in [6.45, 7) is 19.3. The van der Waals surface area contributed by atoms with Crippen LogP contribution in [0.5, 0.6) is 0 Å². The highest BCUT2D eigenvalue weighted by Gasteiger charge is 2.43. The van der Waals surface area contributed by atoms with Gasteiger partial charge in [0.15, 0.2) is 0 Å². The van der Waals surface area contributed by atoms with Crippen LogP contribution < -0.4 is 10.6 Å². The highest BCUT2D eigenvalue weighted by atomic mass is 16.6. The van der Waals surface area contributed by atoms with E-state index in [1.807, 2.05) is 52.8 Å². The average Bonchev–Trinajstić information content (AvgIpc) is 2.70. The van der Waals surface area contributed by atoms with Crippen LogP contribution in [0.4, 0.5) is 4.79 Å². The molecule has 0 aromatic heterocycles. The number of aryl methyl sites for hydroxylation is 2. The number of carbonyl (C=O) groups excluding carboxylic acids is 3. The second kappa shape index (κ2) is 12.2. The average molecular weight is 476 g/mol. The maximum Gasteiger partial charge on any atom is 0.408 e. The van der Waals surface area contributed by atoms with Crippen molar-refractivity contribution < 1.29 is 19.1 Å². The van der Waals surface area contributed by atoms with Gasteiger partial charge in [-0.1, -0.05) is 38.5 Å². The van der Waals surface area contributed by atoms with E-state index in [9.17, 15) is 14.4 Å². The summed E-state index contributed by atoms with van der Waals surface area (Å²) in [5.74, 6) is -0.554. The standard InChI is InChI=1S/C27H45N3O4/c1-11-13-17-28-23(31)22(21-18(3)15-14-16-19(21)4)30(27(9,10)12-2)24(32)20(5)29-25(33)34-26(6,7)8/h14-16,20,22H,11-13,17H2,1-10H3,(H,28,31)(H,29,33). The number of benzene rings is 1. The molecule has 34 heavy (non-hydrogen) atoms. The van der Waals surface area contributed by atoms with Crippen molar-refractivity contribution in [1.29, 1.82) is 0 Å². The van der Waals surface area contributed by atoms with E-state index < -0.39 is 29.3 Å². The summed E-state index contributed by atoms with van der Waals surface area (Å²) < 4.78 is 5.35. The SMILES string of the molecule is CCCCNC(=O)C(c1c(C)cccc1C)N(C(=O)C(C)NC(=O)OC(C)(C)C)C(C)(C)CC. The molecule has 0 spiro atoms. The van der Waals surface area contributed by atoms with Gasteiger partial charge in [-0.3, -0.25) is 9.59 Å². The Labute approximate surface area is 206 Å². The number of hydrogen-bond donors (Lipinski definition) is 2. The number of carbonyl (C=O) groups is 3. The summed E-state index contributed by atoms with van der Waals surface area (Å²) in [4.78, 5) is 41.6. The van der Waals surface area contributed by atoms with Crippen LogP contribution in [-0.2, 0) is 14.3 Å². The zero-order valence-electron chi connectivity index (χ0n) is 22.8. The molecule has 0 bridgehead atoms. The maximum atomic E-state index is 13.9. The molecule has 0 aliphatic heterocycles. The summed E-state index contributed by atoms with van der Waals surface area (Å²) in [5.41, 5.74) is 1.36. The van der Waals surface area contributed by atoms with Gasteiger partial charge in [0.2, 0.25) is 11.8 Å². The number of unbranched alkanes of at least 4 members (excludes halogenated alkanes) is 1. The zero-order valence-corrected chi connectivity index (χ0v) is 22.8. The van der Waals surface area contributed by atoms with Gasteiger partial charge in [0.25, 0.3) is 0 Å². The molecule has 1 aromatic carbocycles. The van der Waals surface area contributed by atoms with Gasteiger partial charge in [-0.2, -0.15) is 0 Å². The fourth-order valence-electron chi connectivity index (χ4n) is 3.82. The molecule has 0 aliphatic carbocycles. The number of alkyl carbamates (subject to hydrolysis) is 1. The lowest BCUT2D eigenvalue weighted by Crippen LogP contribution is -2.59. The third-order valence-corrected chi connectivity index (χ3v) is 6.01. The largest absolute Gasteiger partial charge is 0.444 e. The Hall–Kier alpha value is -2.57. The lowest BCUT2D eigenvalue weighted by Gasteiger charge is -2.45. The Morgan fingerprint density at radius 1 is 1.03 bits per heavy atom. The van der Waals surface area contributed by atoms with Gasteiger partial charge < -0.3 is 20.3 Å². The fourth-order valence-corrected chi connectivity index (χ4v) is 3.82. The normalized spacial score (nSPS) is 13.6. The number of hydrogen-bond acceptors (Lipinski definition) is 4. The first-order chi connectivity index (χ1) is 15.7. The Morgan fingerprint density at radius 2 is 1.59 bits per heavy atom. The Bertz CT molecular complexity index is 838. The van der Waals surface area contributed by atoms with Crippen molar-refractivity contribution in [2.45, 2.75) is 112 Å². The van der Waals surface area contributed by atoms with Crippen LogP contribution in [0.2, 0.25) is 0 Å². The van der Waals surface area contributed by atoms with Crippen molar-refractivity contribution in [1.82, 2.24) is 15.5 Å². The third-order valence-electron chi connectivity index (χ3n) is 6.01. The first-order valence-electron chi connectivity index (χ1n) is 12.3. The molecule has 2 unspecified atom stereocenters. The number of rotatable bonds is 10. The minimum atomic E-state index is -0.879. The van der Waals surface area contributed by atoms with Crippen LogP contribution in [0.1, 0.15) is 97.4 Å². The van der Waals surface area contributed by atoms with E-state index in [0.717, 1.165) is 29.5 Å². The molecule has 0 heterocycles. The van der Waals surface area contributed by atoms with Gasteiger partial charge in [0.1, 0.15) is 17.7 Å². The topological polar surface area (TPSA) is 87.7 Å². The summed E-state index contributed by atoms with van der Waals surface area (Å²) >= 11 is 0. The number of amides is 3. The first-order valence-corrected chi connectivity index (χ1v) is 12.3. The van der Waals surface area contributed by atoms with E-state index in [-0.39, 0.29) is 11.8 Å². The maximum absolute atomic E-state index is 13.9. The summed E-state index contributed by atoms with van der Waals surface area (Å²) in [6.07, 6.45) is 1.77. The van der Waals surface area contributed by atoms with E-state index >= 15 is 0 Å². The minimum Gasteiger partial charge on any atom is -0.444 e. The van der Waals surface area contributed by atoms with Crippen LogP contribution in [-0.4, -0.2) is 46.5 Å². The van der Waals surface area contributed by atoms with Gasteiger partial charge in [-0.15, -0.1) is 0 Å². The molecule has 192 valence electrons.